The number of halogens is 1. The van der Waals surface area contributed by atoms with Crippen molar-refractivity contribution < 1.29 is 38.2 Å². The van der Waals surface area contributed by atoms with Crippen molar-refractivity contribution in [1.82, 2.24) is 0 Å². The van der Waals surface area contributed by atoms with Crippen LogP contribution in [0, 0.1) is 29.1 Å². The van der Waals surface area contributed by atoms with Crippen LogP contribution in [0.15, 0.2) is 59.7 Å². The van der Waals surface area contributed by atoms with Crippen molar-refractivity contribution in [3.05, 3.63) is 59.7 Å². The fraction of sp³-hybridized carbons (Fsp3) is 0.387. The Balaban J connectivity index is 1.60. The van der Waals surface area contributed by atoms with Crippen molar-refractivity contribution in [3.8, 4) is 11.5 Å². The van der Waals surface area contributed by atoms with Gasteiger partial charge in [0.25, 0.3) is 0 Å². The van der Waals surface area contributed by atoms with E-state index in [4.69, 9.17) is 14.2 Å². The summed E-state index contributed by atoms with van der Waals surface area (Å²) >= 11 is 3.78. The predicted octanol–water partition coefficient (Wildman–Crippen LogP) is 3.66. The normalized spacial score (nSPS) is 31.5. The first-order valence-electron chi connectivity index (χ1n) is 13.6. The lowest BCUT2D eigenvalue weighted by atomic mass is 9.43. The largest absolute Gasteiger partial charge is 0.495 e. The van der Waals surface area contributed by atoms with Gasteiger partial charge >= 0.3 is 5.97 Å². The monoisotopic (exact) mass is 636 g/mol. The number of imide groups is 2. The molecule has 2 aliphatic heterocycles. The van der Waals surface area contributed by atoms with Gasteiger partial charge in [0.2, 0.25) is 23.6 Å². The van der Waals surface area contributed by atoms with Gasteiger partial charge in [-0.2, -0.15) is 0 Å². The Kier molecular flexibility index (Phi) is 6.38. The van der Waals surface area contributed by atoms with Gasteiger partial charge < -0.3 is 14.2 Å². The third-order valence-corrected chi connectivity index (χ3v) is 11.0. The number of ether oxygens (including phenoxy) is 3. The number of carbonyl (C=O) groups is 5. The molecule has 2 aromatic carbocycles. The average Bonchev–Trinajstić information content (AvgIpc) is 3.41. The van der Waals surface area contributed by atoms with Crippen LogP contribution in [-0.2, 0) is 28.7 Å². The van der Waals surface area contributed by atoms with Crippen molar-refractivity contribution in [2.45, 2.75) is 25.1 Å². The molecule has 0 spiro atoms. The van der Waals surface area contributed by atoms with Crippen LogP contribution in [0.5, 0.6) is 11.5 Å². The van der Waals surface area contributed by atoms with E-state index in [1.54, 1.807) is 69.3 Å². The maximum atomic E-state index is 14.4. The minimum Gasteiger partial charge on any atom is -0.495 e. The molecule has 2 bridgehead atoms. The van der Waals surface area contributed by atoms with E-state index >= 15 is 0 Å². The quantitative estimate of drug-likeness (QED) is 0.268. The van der Waals surface area contributed by atoms with Gasteiger partial charge in [-0.05, 0) is 43.7 Å². The van der Waals surface area contributed by atoms with Gasteiger partial charge in [-0.1, -0.05) is 47.1 Å². The fourth-order valence-corrected chi connectivity index (χ4v) is 8.95. The molecule has 0 radical (unpaired) electrons. The van der Waals surface area contributed by atoms with Crippen LogP contribution in [0.2, 0.25) is 0 Å². The molecule has 218 valence electrons. The summed E-state index contributed by atoms with van der Waals surface area (Å²) in [5, 5.41) is 0. The zero-order valence-corrected chi connectivity index (χ0v) is 25.3. The molecule has 1 saturated carbocycles. The standard InChI is InChI=1S/C31H29BrN2O8/c1-6-42-29(39)20-15(2)31(32)23-21(25(35)33(27(23)37)16-11-7-9-13-18(16)40-4)30(20,3)22-24(31)28(38)34(26(22)36)17-12-8-10-14-19(17)41-5/h7-14,21-24H,6H2,1-5H3/t21-,22+,23+,24-,30?,31?. The molecule has 0 aromatic heterocycles. The van der Waals surface area contributed by atoms with Crippen LogP contribution in [0.25, 0.3) is 0 Å². The third kappa shape index (κ3) is 3.22. The van der Waals surface area contributed by atoms with Gasteiger partial charge in [-0.15, -0.1) is 0 Å². The Morgan fingerprint density at radius 1 is 0.786 bits per heavy atom. The van der Waals surface area contributed by atoms with Crippen LogP contribution in [0.3, 0.4) is 0 Å². The number of alkyl halides is 1. The van der Waals surface area contributed by atoms with E-state index in [1.165, 1.54) is 14.2 Å². The summed E-state index contributed by atoms with van der Waals surface area (Å²) in [5.41, 5.74) is -0.518. The van der Waals surface area contributed by atoms with E-state index in [0.717, 1.165) is 9.80 Å². The van der Waals surface area contributed by atoms with Crippen LogP contribution in [0.4, 0.5) is 11.4 Å². The summed E-state index contributed by atoms with van der Waals surface area (Å²) in [5.74, 6) is -6.79. The molecule has 10 nitrogen and oxygen atoms in total. The fourth-order valence-electron chi connectivity index (χ4n) is 7.83. The zero-order chi connectivity index (χ0) is 30.3. The highest BCUT2D eigenvalue weighted by Gasteiger charge is 2.81. The number of para-hydroxylation sites is 4. The molecular weight excluding hydrogens is 608 g/mol. The van der Waals surface area contributed by atoms with E-state index in [0.29, 0.717) is 17.1 Å². The number of hydrogen-bond acceptors (Lipinski definition) is 8. The lowest BCUT2D eigenvalue weighted by molar-refractivity contribution is -0.152. The summed E-state index contributed by atoms with van der Waals surface area (Å²) in [6, 6.07) is 13.3. The molecule has 0 N–H and O–H groups in total. The minimum absolute atomic E-state index is 0.0591. The van der Waals surface area contributed by atoms with Crippen LogP contribution in [-0.4, -0.2) is 54.7 Å². The Labute approximate surface area is 250 Å². The number of nitrogens with zero attached hydrogens (tertiary/aromatic N) is 2. The molecule has 6 atom stereocenters. The Bertz CT molecular complexity index is 1520. The zero-order valence-electron chi connectivity index (χ0n) is 23.7. The smallest absolute Gasteiger partial charge is 0.334 e. The summed E-state index contributed by atoms with van der Waals surface area (Å²) in [7, 11) is 2.87. The molecule has 3 aliphatic carbocycles. The summed E-state index contributed by atoms with van der Waals surface area (Å²) in [6.45, 7) is 5.02. The van der Waals surface area contributed by atoms with E-state index in [9.17, 15) is 24.0 Å². The van der Waals surface area contributed by atoms with Gasteiger partial charge in [0, 0.05) is 11.0 Å². The van der Waals surface area contributed by atoms with Gasteiger partial charge in [-0.3, -0.25) is 19.2 Å². The van der Waals surface area contributed by atoms with Crippen molar-refractivity contribution >= 4 is 56.9 Å². The van der Waals surface area contributed by atoms with Crippen LogP contribution < -0.4 is 19.3 Å². The van der Waals surface area contributed by atoms with E-state index in [-0.39, 0.29) is 23.6 Å². The third-order valence-electron chi connectivity index (χ3n) is 9.43. The topological polar surface area (TPSA) is 120 Å². The first kappa shape index (κ1) is 28.1. The molecule has 42 heavy (non-hydrogen) atoms. The minimum atomic E-state index is -1.55. The number of anilines is 2. The number of rotatable bonds is 6. The number of esters is 1. The molecule has 5 aliphatic rings. The van der Waals surface area contributed by atoms with E-state index in [2.05, 4.69) is 15.9 Å². The van der Waals surface area contributed by atoms with Crippen LogP contribution in [0.1, 0.15) is 20.8 Å². The van der Waals surface area contributed by atoms with Crippen molar-refractivity contribution in [3.63, 3.8) is 0 Å². The predicted molar refractivity (Wildman–Crippen MR) is 154 cm³/mol. The van der Waals surface area contributed by atoms with E-state index < -0.39 is 63.0 Å². The van der Waals surface area contributed by atoms with Gasteiger partial charge in [0.05, 0.1) is 60.2 Å². The summed E-state index contributed by atoms with van der Waals surface area (Å²) in [4.78, 5) is 73.4. The maximum Gasteiger partial charge on any atom is 0.334 e. The molecule has 2 saturated heterocycles. The van der Waals surface area contributed by atoms with Crippen molar-refractivity contribution in [1.29, 1.82) is 0 Å². The second-order valence-corrected chi connectivity index (χ2v) is 12.4. The number of carbonyl (C=O) groups excluding carboxylic acids is 5. The highest BCUT2D eigenvalue weighted by molar-refractivity contribution is 9.10. The second-order valence-electron chi connectivity index (χ2n) is 11.0. The van der Waals surface area contributed by atoms with Gasteiger partial charge in [0.15, 0.2) is 0 Å². The molecule has 4 amide bonds. The molecule has 2 aromatic rings. The average molecular weight is 637 g/mol. The number of allylic oxidation sites excluding steroid dienone is 1. The Hall–Kier alpha value is -3.99. The van der Waals surface area contributed by atoms with Gasteiger partial charge in [-0.25, -0.2) is 14.6 Å². The maximum absolute atomic E-state index is 14.4. The second kappa shape index (κ2) is 9.52. The number of methoxy groups -OCH3 is 2. The molecule has 2 unspecified atom stereocenters. The lowest BCUT2D eigenvalue weighted by Gasteiger charge is -2.59. The molecule has 2 heterocycles. The highest BCUT2D eigenvalue weighted by Crippen LogP contribution is 2.73. The van der Waals surface area contributed by atoms with Crippen LogP contribution >= 0.6 is 15.9 Å². The summed E-state index contributed by atoms with van der Waals surface area (Å²) in [6.07, 6.45) is 0. The lowest BCUT2D eigenvalue weighted by Crippen LogP contribution is -2.67. The molecule has 7 rings (SSSR count). The number of benzene rings is 2. The Morgan fingerprint density at radius 2 is 1.19 bits per heavy atom. The number of hydrogen-bond donors (Lipinski definition) is 0. The molecule has 3 fully saturated rings. The number of amides is 4. The van der Waals surface area contributed by atoms with Gasteiger partial charge in [0.1, 0.15) is 11.5 Å². The summed E-state index contributed by atoms with van der Waals surface area (Å²) < 4.78 is 14.9. The van der Waals surface area contributed by atoms with Crippen molar-refractivity contribution in [2.75, 3.05) is 30.6 Å². The SMILES string of the molecule is CCOC(=O)C1=C(C)C2(Br)[C@@H]3C(=O)N(c4ccccc4OC)C(=O)[C@@H]3C1(C)[C@@H]1C(=O)N(c3ccccc3OC)C(=O)[C@@H]12. The molecular formula is C31H29BrN2O8. The first-order chi connectivity index (χ1) is 20.0. The molecule has 11 heteroatoms. The first-order valence-corrected chi connectivity index (χ1v) is 14.4. The van der Waals surface area contributed by atoms with Crippen molar-refractivity contribution in [2.24, 2.45) is 29.1 Å². The highest BCUT2D eigenvalue weighted by atomic mass is 79.9. The van der Waals surface area contributed by atoms with E-state index in [1.807, 2.05) is 0 Å². The Morgan fingerprint density at radius 3 is 1.60 bits per heavy atom.